The Hall–Kier alpha value is -0.0800. The van der Waals surface area contributed by atoms with E-state index >= 15 is 0 Å². The molecule has 0 aromatic rings. The second-order valence-electron chi connectivity index (χ2n) is 5.32. The fourth-order valence-corrected chi connectivity index (χ4v) is 2.92. The summed E-state index contributed by atoms with van der Waals surface area (Å²) in [6, 6.07) is 0.684. The van der Waals surface area contributed by atoms with Crippen molar-refractivity contribution in [2.75, 3.05) is 6.54 Å². The summed E-state index contributed by atoms with van der Waals surface area (Å²) in [5, 5.41) is 3.66. The zero-order chi connectivity index (χ0) is 10.7. The molecule has 0 saturated carbocycles. The van der Waals surface area contributed by atoms with Gasteiger partial charge in [0, 0.05) is 18.5 Å². The molecule has 4 atom stereocenters. The van der Waals surface area contributed by atoms with Gasteiger partial charge in [-0.3, -0.25) is 0 Å². The highest BCUT2D eigenvalue weighted by molar-refractivity contribution is 4.90. The van der Waals surface area contributed by atoms with E-state index in [0.29, 0.717) is 18.2 Å². The lowest BCUT2D eigenvalue weighted by Crippen LogP contribution is -2.34. The van der Waals surface area contributed by atoms with Crippen molar-refractivity contribution in [1.82, 2.24) is 5.32 Å². The monoisotopic (exact) mass is 211 g/mol. The Kier molecular flexibility index (Phi) is 4.04. The molecule has 2 bridgehead atoms. The molecular weight excluding hydrogens is 186 g/mol. The lowest BCUT2D eigenvalue weighted by Gasteiger charge is -2.21. The van der Waals surface area contributed by atoms with Gasteiger partial charge < -0.3 is 10.1 Å². The molecule has 2 nitrogen and oxygen atoms in total. The molecule has 0 radical (unpaired) electrons. The minimum absolute atomic E-state index is 0.584. The highest BCUT2D eigenvalue weighted by atomic mass is 16.5. The highest BCUT2D eigenvalue weighted by Gasteiger charge is 2.40. The first-order chi connectivity index (χ1) is 7.29. The SMILES string of the molecule is CCCCC(C)NCC1CC2CCC1O2. The first-order valence-corrected chi connectivity index (χ1v) is 6.68. The fraction of sp³-hybridized carbons (Fsp3) is 1.00. The van der Waals surface area contributed by atoms with Crippen LogP contribution in [0.15, 0.2) is 0 Å². The Balaban J connectivity index is 1.61. The number of ether oxygens (including phenoxy) is 1. The molecule has 1 N–H and O–H groups in total. The molecular formula is C13H25NO. The van der Waals surface area contributed by atoms with Crippen LogP contribution in [0.25, 0.3) is 0 Å². The van der Waals surface area contributed by atoms with Gasteiger partial charge in [-0.1, -0.05) is 19.8 Å². The summed E-state index contributed by atoms with van der Waals surface area (Å²) >= 11 is 0. The summed E-state index contributed by atoms with van der Waals surface area (Å²) in [5.41, 5.74) is 0. The van der Waals surface area contributed by atoms with E-state index in [1.165, 1.54) is 45.1 Å². The van der Waals surface area contributed by atoms with E-state index in [0.717, 1.165) is 5.92 Å². The second-order valence-corrected chi connectivity index (χ2v) is 5.32. The number of nitrogens with one attached hydrogen (secondary N) is 1. The van der Waals surface area contributed by atoms with Gasteiger partial charge in [0.25, 0.3) is 0 Å². The van der Waals surface area contributed by atoms with Crippen molar-refractivity contribution in [3.8, 4) is 0 Å². The van der Waals surface area contributed by atoms with Crippen LogP contribution >= 0.6 is 0 Å². The largest absolute Gasteiger partial charge is 0.375 e. The van der Waals surface area contributed by atoms with Crippen LogP contribution in [0.1, 0.15) is 52.4 Å². The predicted molar refractivity (Wildman–Crippen MR) is 63.0 cm³/mol. The van der Waals surface area contributed by atoms with Crippen molar-refractivity contribution in [1.29, 1.82) is 0 Å². The molecule has 2 saturated heterocycles. The number of rotatable bonds is 6. The van der Waals surface area contributed by atoms with Crippen molar-refractivity contribution >= 4 is 0 Å². The van der Waals surface area contributed by atoms with Crippen molar-refractivity contribution in [2.24, 2.45) is 5.92 Å². The van der Waals surface area contributed by atoms with Crippen LogP contribution in [-0.2, 0) is 4.74 Å². The number of hydrogen-bond donors (Lipinski definition) is 1. The minimum Gasteiger partial charge on any atom is -0.375 e. The highest BCUT2D eigenvalue weighted by Crippen LogP contribution is 2.38. The lowest BCUT2D eigenvalue weighted by atomic mass is 9.89. The third-order valence-corrected chi connectivity index (χ3v) is 3.95. The van der Waals surface area contributed by atoms with E-state index in [1.54, 1.807) is 0 Å². The summed E-state index contributed by atoms with van der Waals surface area (Å²) in [5.74, 6) is 0.799. The molecule has 0 aromatic heterocycles. The summed E-state index contributed by atoms with van der Waals surface area (Å²) in [6.07, 6.45) is 9.09. The standard InChI is InChI=1S/C13H25NO/c1-3-4-5-10(2)14-9-11-8-12-6-7-13(11)15-12/h10-14H,3-9H2,1-2H3. The fourth-order valence-electron chi connectivity index (χ4n) is 2.92. The number of hydrogen-bond acceptors (Lipinski definition) is 2. The molecule has 2 heteroatoms. The molecule has 2 aliphatic rings. The smallest absolute Gasteiger partial charge is 0.0621 e. The number of unbranched alkanes of at least 4 members (excludes halogenated alkanes) is 1. The van der Waals surface area contributed by atoms with Gasteiger partial charge in [0.2, 0.25) is 0 Å². The van der Waals surface area contributed by atoms with Crippen LogP contribution in [0.2, 0.25) is 0 Å². The molecule has 0 aromatic carbocycles. The zero-order valence-electron chi connectivity index (χ0n) is 10.2. The Morgan fingerprint density at radius 3 is 2.87 bits per heavy atom. The van der Waals surface area contributed by atoms with Crippen LogP contribution in [0.4, 0.5) is 0 Å². The Bertz CT molecular complexity index is 195. The summed E-state index contributed by atoms with van der Waals surface area (Å²) in [4.78, 5) is 0. The zero-order valence-corrected chi connectivity index (χ0v) is 10.2. The molecule has 15 heavy (non-hydrogen) atoms. The van der Waals surface area contributed by atoms with Crippen molar-refractivity contribution < 1.29 is 4.74 Å². The summed E-state index contributed by atoms with van der Waals surface area (Å²) in [6.45, 7) is 5.74. The molecule has 4 unspecified atom stereocenters. The van der Waals surface area contributed by atoms with Crippen LogP contribution < -0.4 is 5.32 Å². The van der Waals surface area contributed by atoms with Crippen molar-refractivity contribution in [2.45, 2.75) is 70.6 Å². The van der Waals surface area contributed by atoms with Crippen LogP contribution in [-0.4, -0.2) is 24.8 Å². The van der Waals surface area contributed by atoms with Gasteiger partial charge in [-0.25, -0.2) is 0 Å². The van der Waals surface area contributed by atoms with Gasteiger partial charge in [-0.2, -0.15) is 0 Å². The first-order valence-electron chi connectivity index (χ1n) is 6.68. The minimum atomic E-state index is 0.584. The predicted octanol–water partition coefficient (Wildman–Crippen LogP) is 2.72. The molecule has 2 heterocycles. The van der Waals surface area contributed by atoms with E-state index in [4.69, 9.17) is 4.74 Å². The molecule has 88 valence electrons. The van der Waals surface area contributed by atoms with E-state index in [9.17, 15) is 0 Å². The normalized spacial score (nSPS) is 36.0. The topological polar surface area (TPSA) is 21.3 Å². The Morgan fingerprint density at radius 1 is 1.40 bits per heavy atom. The van der Waals surface area contributed by atoms with Gasteiger partial charge in [-0.15, -0.1) is 0 Å². The van der Waals surface area contributed by atoms with Crippen LogP contribution in [0.5, 0.6) is 0 Å². The first kappa shape index (κ1) is 11.4. The van der Waals surface area contributed by atoms with Gasteiger partial charge in [0.1, 0.15) is 0 Å². The van der Waals surface area contributed by atoms with E-state index in [1.807, 2.05) is 0 Å². The lowest BCUT2D eigenvalue weighted by molar-refractivity contribution is 0.0920. The molecule has 0 spiro atoms. The van der Waals surface area contributed by atoms with Crippen LogP contribution in [0.3, 0.4) is 0 Å². The summed E-state index contributed by atoms with van der Waals surface area (Å²) < 4.78 is 5.86. The van der Waals surface area contributed by atoms with Gasteiger partial charge >= 0.3 is 0 Å². The van der Waals surface area contributed by atoms with Gasteiger partial charge in [-0.05, 0) is 32.6 Å². The molecule has 0 amide bonds. The molecule has 0 aliphatic carbocycles. The molecule has 2 rings (SSSR count). The average Bonchev–Trinajstić information content (AvgIpc) is 2.84. The van der Waals surface area contributed by atoms with E-state index in [-0.39, 0.29) is 0 Å². The molecule has 2 fully saturated rings. The van der Waals surface area contributed by atoms with Crippen molar-refractivity contribution in [3.05, 3.63) is 0 Å². The maximum atomic E-state index is 5.86. The van der Waals surface area contributed by atoms with Crippen LogP contribution in [0, 0.1) is 5.92 Å². The second kappa shape index (κ2) is 5.31. The summed E-state index contributed by atoms with van der Waals surface area (Å²) in [7, 11) is 0. The maximum absolute atomic E-state index is 5.86. The molecule has 2 aliphatic heterocycles. The Labute approximate surface area is 93.8 Å². The third-order valence-electron chi connectivity index (χ3n) is 3.95. The Morgan fingerprint density at radius 2 is 2.27 bits per heavy atom. The van der Waals surface area contributed by atoms with Gasteiger partial charge in [0.15, 0.2) is 0 Å². The third kappa shape index (κ3) is 2.94. The van der Waals surface area contributed by atoms with Crippen molar-refractivity contribution in [3.63, 3.8) is 0 Å². The average molecular weight is 211 g/mol. The quantitative estimate of drug-likeness (QED) is 0.729. The maximum Gasteiger partial charge on any atom is 0.0621 e. The van der Waals surface area contributed by atoms with E-state index in [2.05, 4.69) is 19.2 Å². The van der Waals surface area contributed by atoms with E-state index < -0.39 is 0 Å². The number of fused-ring (bicyclic) bond motifs is 2. The van der Waals surface area contributed by atoms with Gasteiger partial charge in [0.05, 0.1) is 12.2 Å².